The van der Waals surface area contributed by atoms with Gasteiger partial charge < -0.3 is 10.1 Å². The Kier molecular flexibility index (Phi) is 4.54. The Labute approximate surface area is 79.2 Å². The highest BCUT2D eigenvalue weighted by molar-refractivity contribution is 5.87. The van der Waals surface area contributed by atoms with Gasteiger partial charge in [-0.05, 0) is 31.8 Å². The van der Waals surface area contributed by atoms with Gasteiger partial charge in [-0.1, -0.05) is 6.08 Å². The summed E-state index contributed by atoms with van der Waals surface area (Å²) in [6.45, 7) is 4.24. The zero-order valence-electron chi connectivity index (χ0n) is 8.08. The number of nitrogens with one attached hydrogen (secondary N) is 1. The molecular formula is C10H17NO2. The molecule has 0 radical (unpaired) electrons. The van der Waals surface area contributed by atoms with Crippen LogP contribution in [0.4, 0.5) is 0 Å². The molecule has 1 N–H and O–H groups in total. The number of hydrogen-bond acceptors (Lipinski definition) is 2. The average molecular weight is 183 g/mol. The van der Waals surface area contributed by atoms with Gasteiger partial charge in [-0.25, -0.2) is 0 Å². The number of allylic oxidation sites excluding steroid dienone is 1. The Morgan fingerprint density at radius 3 is 3.15 bits per heavy atom. The van der Waals surface area contributed by atoms with Crippen LogP contribution in [0.25, 0.3) is 0 Å². The Hall–Kier alpha value is -0.830. The molecule has 0 bridgehead atoms. The first-order chi connectivity index (χ1) is 6.33. The van der Waals surface area contributed by atoms with Crippen LogP contribution in [0, 0.1) is 5.92 Å². The largest absolute Gasteiger partial charge is 0.381 e. The molecule has 13 heavy (non-hydrogen) atoms. The van der Waals surface area contributed by atoms with Gasteiger partial charge in [0.2, 0.25) is 5.91 Å². The minimum atomic E-state index is -0.00641. The van der Waals surface area contributed by atoms with Crippen LogP contribution in [0.2, 0.25) is 0 Å². The summed E-state index contributed by atoms with van der Waals surface area (Å²) in [5.74, 6) is 0.496. The Balaban J connectivity index is 2.13. The SMILES string of the molecule is C/C=C/C(=O)NCC1CCCOC1. The smallest absolute Gasteiger partial charge is 0.243 e. The molecular weight excluding hydrogens is 166 g/mol. The first-order valence-corrected chi connectivity index (χ1v) is 4.81. The second-order valence-corrected chi connectivity index (χ2v) is 3.33. The molecule has 0 aromatic heterocycles. The normalized spacial score (nSPS) is 23.3. The molecule has 0 spiro atoms. The second-order valence-electron chi connectivity index (χ2n) is 3.33. The zero-order chi connectivity index (χ0) is 9.52. The molecule has 1 heterocycles. The molecule has 1 amide bonds. The predicted octanol–water partition coefficient (Wildman–Crippen LogP) is 1.11. The number of ether oxygens (including phenoxy) is 1. The fourth-order valence-electron chi connectivity index (χ4n) is 1.42. The van der Waals surface area contributed by atoms with Gasteiger partial charge in [-0.2, -0.15) is 0 Å². The summed E-state index contributed by atoms with van der Waals surface area (Å²) in [7, 11) is 0. The average Bonchev–Trinajstić information content (AvgIpc) is 2.17. The van der Waals surface area contributed by atoms with Crippen molar-refractivity contribution in [2.45, 2.75) is 19.8 Å². The van der Waals surface area contributed by atoms with E-state index < -0.39 is 0 Å². The molecule has 3 nitrogen and oxygen atoms in total. The number of carbonyl (C=O) groups is 1. The van der Waals surface area contributed by atoms with Crippen LogP contribution in [0.3, 0.4) is 0 Å². The third-order valence-electron chi connectivity index (χ3n) is 2.14. The molecule has 0 aliphatic carbocycles. The first-order valence-electron chi connectivity index (χ1n) is 4.81. The quantitative estimate of drug-likeness (QED) is 0.665. The highest BCUT2D eigenvalue weighted by atomic mass is 16.5. The van der Waals surface area contributed by atoms with Gasteiger partial charge in [0.05, 0.1) is 6.61 Å². The van der Waals surface area contributed by atoms with Crippen LogP contribution in [-0.4, -0.2) is 25.7 Å². The minimum Gasteiger partial charge on any atom is -0.381 e. The van der Waals surface area contributed by atoms with Crippen LogP contribution in [0.15, 0.2) is 12.2 Å². The summed E-state index contributed by atoms with van der Waals surface area (Å²) >= 11 is 0. The van der Waals surface area contributed by atoms with Crippen LogP contribution in [-0.2, 0) is 9.53 Å². The molecule has 1 aliphatic rings. The van der Waals surface area contributed by atoms with E-state index in [1.165, 1.54) is 0 Å². The standard InChI is InChI=1S/C10H17NO2/c1-2-4-10(12)11-7-9-5-3-6-13-8-9/h2,4,9H,3,5-8H2,1H3,(H,11,12)/b4-2+. The molecule has 3 heteroatoms. The number of hydrogen-bond donors (Lipinski definition) is 1. The van der Waals surface area contributed by atoms with Crippen molar-refractivity contribution in [3.05, 3.63) is 12.2 Å². The number of amides is 1. The maximum atomic E-state index is 11.0. The van der Waals surface area contributed by atoms with Gasteiger partial charge in [0, 0.05) is 13.2 Å². The van der Waals surface area contributed by atoms with E-state index >= 15 is 0 Å². The molecule has 0 aromatic carbocycles. The molecule has 1 rings (SSSR count). The molecule has 1 unspecified atom stereocenters. The number of carbonyl (C=O) groups excluding carboxylic acids is 1. The lowest BCUT2D eigenvalue weighted by atomic mass is 10.0. The lowest BCUT2D eigenvalue weighted by Gasteiger charge is -2.21. The van der Waals surface area contributed by atoms with Crippen LogP contribution >= 0.6 is 0 Å². The van der Waals surface area contributed by atoms with Crippen molar-refractivity contribution in [2.75, 3.05) is 19.8 Å². The van der Waals surface area contributed by atoms with Crippen molar-refractivity contribution in [1.29, 1.82) is 0 Å². The Morgan fingerprint density at radius 2 is 2.54 bits per heavy atom. The maximum Gasteiger partial charge on any atom is 0.243 e. The van der Waals surface area contributed by atoms with Crippen molar-refractivity contribution in [3.63, 3.8) is 0 Å². The van der Waals surface area contributed by atoms with Gasteiger partial charge in [-0.15, -0.1) is 0 Å². The summed E-state index contributed by atoms with van der Waals surface area (Å²) in [5.41, 5.74) is 0. The summed E-state index contributed by atoms with van der Waals surface area (Å²) in [4.78, 5) is 11.0. The maximum absolute atomic E-state index is 11.0. The van der Waals surface area contributed by atoms with Gasteiger partial charge in [-0.3, -0.25) is 4.79 Å². The van der Waals surface area contributed by atoms with E-state index in [0.29, 0.717) is 5.92 Å². The van der Waals surface area contributed by atoms with Crippen LogP contribution in [0.1, 0.15) is 19.8 Å². The lowest BCUT2D eigenvalue weighted by Crippen LogP contribution is -2.32. The fourth-order valence-corrected chi connectivity index (χ4v) is 1.42. The van der Waals surface area contributed by atoms with Crippen molar-refractivity contribution >= 4 is 5.91 Å². The molecule has 74 valence electrons. The molecule has 1 saturated heterocycles. The molecule has 1 atom stereocenters. The van der Waals surface area contributed by atoms with Gasteiger partial charge in [0.25, 0.3) is 0 Å². The molecule has 0 saturated carbocycles. The number of rotatable bonds is 3. The summed E-state index contributed by atoms with van der Waals surface area (Å²) in [6.07, 6.45) is 5.57. The molecule has 1 aliphatic heterocycles. The van der Waals surface area contributed by atoms with Crippen molar-refractivity contribution in [3.8, 4) is 0 Å². The minimum absolute atomic E-state index is 0.00641. The van der Waals surface area contributed by atoms with Crippen molar-refractivity contribution in [2.24, 2.45) is 5.92 Å². The van der Waals surface area contributed by atoms with E-state index in [2.05, 4.69) is 5.32 Å². The highest BCUT2D eigenvalue weighted by Crippen LogP contribution is 2.11. The van der Waals surface area contributed by atoms with Crippen molar-refractivity contribution in [1.82, 2.24) is 5.32 Å². The summed E-state index contributed by atoms with van der Waals surface area (Å²) < 4.78 is 5.31. The third-order valence-corrected chi connectivity index (χ3v) is 2.14. The highest BCUT2D eigenvalue weighted by Gasteiger charge is 2.13. The fraction of sp³-hybridized carbons (Fsp3) is 0.700. The van der Waals surface area contributed by atoms with Crippen LogP contribution < -0.4 is 5.32 Å². The Bertz CT molecular complexity index is 183. The lowest BCUT2D eigenvalue weighted by molar-refractivity contribution is -0.116. The van der Waals surface area contributed by atoms with E-state index in [9.17, 15) is 4.79 Å². The summed E-state index contributed by atoms with van der Waals surface area (Å²) in [5, 5.41) is 2.85. The van der Waals surface area contributed by atoms with E-state index in [1.807, 2.05) is 6.92 Å². The van der Waals surface area contributed by atoms with Crippen molar-refractivity contribution < 1.29 is 9.53 Å². The zero-order valence-corrected chi connectivity index (χ0v) is 8.08. The second kappa shape index (κ2) is 5.75. The monoisotopic (exact) mass is 183 g/mol. The first kappa shape index (κ1) is 10.3. The van der Waals surface area contributed by atoms with E-state index in [4.69, 9.17) is 4.74 Å². The predicted molar refractivity (Wildman–Crippen MR) is 51.4 cm³/mol. The molecule has 0 aromatic rings. The van der Waals surface area contributed by atoms with E-state index in [0.717, 1.165) is 32.6 Å². The van der Waals surface area contributed by atoms with E-state index in [1.54, 1.807) is 12.2 Å². The Morgan fingerprint density at radius 1 is 1.69 bits per heavy atom. The van der Waals surface area contributed by atoms with Crippen LogP contribution in [0.5, 0.6) is 0 Å². The van der Waals surface area contributed by atoms with Gasteiger partial charge in [0.15, 0.2) is 0 Å². The van der Waals surface area contributed by atoms with E-state index in [-0.39, 0.29) is 5.91 Å². The van der Waals surface area contributed by atoms with Gasteiger partial charge >= 0.3 is 0 Å². The third kappa shape index (κ3) is 4.08. The molecule has 1 fully saturated rings. The topological polar surface area (TPSA) is 38.3 Å². The summed E-state index contributed by atoms with van der Waals surface area (Å²) in [6, 6.07) is 0. The van der Waals surface area contributed by atoms with Gasteiger partial charge in [0.1, 0.15) is 0 Å².